The van der Waals surface area contributed by atoms with E-state index in [4.69, 9.17) is 10.5 Å². The molecule has 0 aromatic carbocycles. The summed E-state index contributed by atoms with van der Waals surface area (Å²) in [5.41, 5.74) is 6.14. The van der Waals surface area contributed by atoms with E-state index in [-0.39, 0.29) is 12.0 Å². The minimum Gasteiger partial charge on any atom is -0.469 e. The maximum Gasteiger partial charge on any atom is 0.305 e. The van der Waals surface area contributed by atoms with E-state index in [9.17, 15) is 4.79 Å². The summed E-state index contributed by atoms with van der Waals surface area (Å²) in [5, 5.41) is 0. The van der Waals surface area contributed by atoms with E-state index in [0.717, 1.165) is 25.4 Å². The van der Waals surface area contributed by atoms with Gasteiger partial charge in [-0.2, -0.15) is 0 Å². The number of carbonyl (C=O) groups excluding carboxylic acids is 1. The van der Waals surface area contributed by atoms with Crippen LogP contribution in [0.3, 0.4) is 0 Å². The highest BCUT2D eigenvalue weighted by Gasteiger charge is 2.34. The standard InChI is InChI=1S/C14H26N2O2/c1-10(12-4-3-5-12)16-8-11(6-13(15)9-16)7-14(17)18-2/h10-13H,3-9,15H2,1-2H3. The molecule has 1 aliphatic carbocycles. The Kier molecular flexibility index (Phi) is 4.62. The molecular formula is C14H26N2O2. The summed E-state index contributed by atoms with van der Waals surface area (Å²) in [6.07, 6.45) is 5.55. The van der Waals surface area contributed by atoms with Crippen LogP contribution in [-0.2, 0) is 9.53 Å². The van der Waals surface area contributed by atoms with Crippen LogP contribution in [0.2, 0.25) is 0 Å². The molecule has 0 spiro atoms. The van der Waals surface area contributed by atoms with Gasteiger partial charge in [0.25, 0.3) is 0 Å². The number of hydrogen-bond acceptors (Lipinski definition) is 4. The summed E-state index contributed by atoms with van der Waals surface area (Å²) in [5.74, 6) is 1.10. The molecule has 1 saturated heterocycles. The van der Waals surface area contributed by atoms with Gasteiger partial charge in [0, 0.05) is 31.6 Å². The number of hydrogen-bond donors (Lipinski definition) is 1. The van der Waals surface area contributed by atoms with E-state index in [0.29, 0.717) is 18.4 Å². The van der Waals surface area contributed by atoms with Gasteiger partial charge in [-0.3, -0.25) is 9.69 Å². The molecule has 1 heterocycles. The van der Waals surface area contributed by atoms with Crippen molar-refractivity contribution in [2.45, 2.75) is 51.1 Å². The van der Waals surface area contributed by atoms with Crippen molar-refractivity contribution in [3.05, 3.63) is 0 Å². The Labute approximate surface area is 110 Å². The second-order valence-corrected chi connectivity index (χ2v) is 6.03. The van der Waals surface area contributed by atoms with Crippen LogP contribution in [-0.4, -0.2) is 43.2 Å². The van der Waals surface area contributed by atoms with Crippen LogP contribution in [0.4, 0.5) is 0 Å². The topological polar surface area (TPSA) is 55.6 Å². The van der Waals surface area contributed by atoms with Gasteiger partial charge in [0.15, 0.2) is 0 Å². The maximum absolute atomic E-state index is 11.4. The van der Waals surface area contributed by atoms with Crippen molar-refractivity contribution in [2.75, 3.05) is 20.2 Å². The van der Waals surface area contributed by atoms with Gasteiger partial charge in [0.1, 0.15) is 0 Å². The predicted molar refractivity (Wildman–Crippen MR) is 71.1 cm³/mol. The summed E-state index contributed by atoms with van der Waals surface area (Å²) in [7, 11) is 1.46. The molecule has 3 atom stereocenters. The third-order valence-corrected chi connectivity index (χ3v) is 4.69. The highest BCUT2D eigenvalue weighted by atomic mass is 16.5. The Morgan fingerprint density at radius 3 is 2.72 bits per heavy atom. The fraction of sp³-hybridized carbons (Fsp3) is 0.929. The van der Waals surface area contributed by atoms with Gasteiger partial charge in [-0.15, -0.1) is 0 Å². The molecular weight excluding hydrogens is 228 g/mol. The molecule has 1 saturated carbocycles. The average Bonchev–Trinajstić information content (AvgIpc) is 2.25. The van der Waals surface area contributed by atoms with Crippen molar-refractivity contribution < 1.29 is 9.53 Å². The normalized spacial score (nSPS) is 31.7. The lowest BCUT2D eigenvalue weighted by Crippen LogP contribution is -2.53. The lowest BCUT2D eigenvalue weighted by molar-refractivity contribution is -0.142. The zero-order chi connectivity index (χ0) is 13.1. The molecule has 2 rings (SSSR count). The van der Waals surface area contributed by atoms with Crippen molar-refractivity contribution in [3.8, 4) is 0 Å². The lowest BCUT2D eigenvalue weighted by atomic mass is 9.78. The number of methoxy groups -OCH3 is 1. The Morgan fingerprint density at radius 2 is 2.17 bits per heavy atom. The molecule has 4 heteroatoms. The van der Waals surface area contributed by atoms with Crippen LogP contribution in [0, 0.1) is 11.8 Å². The minimum absolute atomic E-state index is 0.106. The first kappa shape index (κ1) is 13.8. The first-order chi connectivity index (χ1) is 8.60. The number of carbonyl (C=O) groups is 1. The molecule has 104 valence electrons. The zero-order valence-electron chi connectivity index (χ0n) is 11.6. The first-order valence-electron chi connectivity index (χ1n) is 7.16. The fourth-order valence-corrected chi connectivity index (χ4v) is 3.30. The second-order valence-electron chi connectivity index (χ2n) is 6.03. The number of rotatable bonds is 4. The van der Waals surface area contributed by atoms with Crippen LogP contribution in [0.5, 0.6) is 0 Å². The molecule has 2 aliphatic rings. The van der Waals surface area contributed by atoms with Crippen molar-refractivity contribution in [2.24, 2.45) is 17.6 Å². The number of likely N-dealkylation sites (tertiary alicyclic amines) is 1. The molecule has 0 amide bonds. The third kappa shape index (κ3) is 3.23. The van der Waals surface area contributed by atoms with E-state index in [2.05, 4.69) is 11.8 Å². The first-order valence-corrected chi connectivity index (χ1v) is 7.16. The number of esters is 1. The quantitative estimate of drug-likeness (QED) is 0.770. The molecule has 0 radical (unpaired) electrons. The monoisotopic (exact) mass is 254 g/mol. The van der Waals surface area contributed by atoms with Crippen molar-refractivity contribution in [1.29, 1.82) is 0 Å². The SMILES string of the molecule is COC(=O)CC1CC(N)CN(C(C)C2CCC2)C1. The minimum atomic E-state index is -0.106. The number of ether oxygens (including phenoxy) is 1. The average molecular weight is 254 g/mol. The van der Waals surface area contributed by atoms with Crippen LogP contribution < -0.4 is 5.73 Å². The Morgan fingerprint density at radius 1 is 1.44 bits per heavy atom. The summed E-state index contributed by atoms with van der Waals surface area (Å²) in [6, 6.07) is 0.821. The number of nitrogens with two attached hydrogens (primary N) is 1. The summed E-state index contributed by atoms with van der Waals surface area (Å²) in [4.78, 5) is 13.9. The molecule has 2 N–H and O–H groups in total. The smallest absolute Gasteiger partial charge is 0.305 e. The highest BCUT2D eigenvalue weighted by molar-refractivity contribution is 5.69. The highest BCUT2D eigenvalue weighted by Crippen LogP contribution is 2.34. The van der Waals surface area contributed by atoms with Crippen LogP contribution in [0.1, 0.15) is 39.0 Å². The second kappa shape index (κ2) is 6.02. The Bertz CT molecular complexity index is 292. The predicted octanol–water partition coefficient (Wildman–Crippen LogP) is 1.39. The van der Waals surface area contributed by atoms with E-state index < -0.39 is 0 Å². The van der Waals surface area contributed by atoms with E-state index in [1.165, 1.54) is 26.4 Å². The van der Waals surface area contributed by atoms with Gasteiger partial charge in [0.2, 0.25) is 0 Å². The van der Waals surface area contributed by atoms with Gasteiger partial charge >= 0.3 is 5.97 Å². The van der Waals surface area contributed by atoms with Gasteiger partial charge in [-0.05, 0) is 38.0 Å². The molecule has 4 nitrogen and oxygen atoms in total. The van der Waals surface area contributed by atoms with Gasteiger partial charge in [0.05, 0.1) is 7.11 Å². The van der Waals surface area contributed by atoms with Crippen LogP contribution >= 0.6 is 0 Å². The Hall–Kier alpha value is -0.610. The third-order valence-electron chi connectivity index (χ3n) is 4.69. The van der Waals surface area contributed by atoms with Crippen molar-refractivity contribution in [1.82, 2.24) is 4.90 Å². The van der Waals surface area contributed by atoms with E-state index in [1.807, 2.05) is 0 Å². The van der Waals surface area contributed by atoms with Crippen molar-refractivity contribution in [3.63, 3.8) is 0 Å². The Balaban J connectivity index is 1.88. The lowest BCUT2D eigenvalue weighted by Gasteiger charge is -2.44. The summed E-state index contributed by atoms with van der Waals surface area (Å²) < 4.78 is 4.77. The van der Waals surface area contributed by atoms with Crippen LogP contribution in [0.15, 0.2) is 0 Å². The van der Waals surface area contributed by atoms with Crippen LogP contribution in [0.25, 0.3) is 0 Å². The molecule has 2 fully saturated rings. The van der Waals surface area contributed by atoms with E-state index in [1.54, 1.807) is 0 Å². The van der Waals surface area contributed by atoms with Crippen molar-refractivity contribution >= 4 is 5.97 Å². The fourth-order valence-electron chi connectivity index (χ4n) is 3.30. The summed E-state index contributed by atoms with van der Waals surface area (Å²) >= 11 is 0. The molecule has 18 heavy (non-hydrogen) atoms. The molecule has 0 bridgehead atoms. The molecule has 0 aromatic heterocycles. The number of piperidine rings is 1. The summed E-state index contributed by atoms with van der Waals surface area (Å²) in [6.45, 7) is 4.30. The van der Waals surface area contributed by atoms with E-state index >= 15 is 0 Å². The number of nitrogens with zero attached hydrogens (tertiary/aromatic N) is 1. The van der Waals surface area contributed by atoms with Gasteiger partial charge in [-0.25, -0.2) is 0 Å². The van der Waals surface area contributed by atoms with Gasteiger partial charge < -0.3 is 10.5 Å². The zero-order valence-corrected chi connectivity index (χ0v) is 11.6. The maximum atomic E-state index is 11.4. The molecule has 0 aromatic rings. The molecule has 3 unspecified atom stereocenters. The molecule has 1 aliphatic heterocycles. The van der Waals surface area contributed by atoms with Gasteiger partial charge in [-0.1, -0.05) is 6.42 Å². The largest absolute Gasteiger partial charge is 0.469 e.